The molecule has 0 saturated carbocycles. The second-order valence-electron chi connectivity index (χ2n) is 5.43. The number of piperidine rings is 1. The van der Waals surface area contributed by atoms with E-state index in [0.29, 0.717) is 6.61 Å². The summed E-state index contributed by atoms with van der Waals surface area (Å²) < 4.78 is 7.96. The van der Waals surface area contributed by atoms with Gasteiger partial charge in [0.2, 0.25) is 0 Å². The molecule has 0 bridgehead atoms. The van der Waals surface area contributed by atoms with Gasteiger partial charge in [-0.05, 0) is 18.6 Å². The number of ether oxygens (including phenoxy) is 1. The lowest BCUT2D eigenvalue weighted by atomic mass is 10.0. The molecular weight excluding hydrogens is 254 g/mol. The summed E-state index contributed by atoms with van der Waals surface area (Å²) in [6.07, 6.45) is 4.95. The van der Waals surface area contributed by atoms with Crippen molar-refractivity contribution in [1.29, 1.82) is 0 Å². The van der Waals surface area contributed by atoms with Gasteiger partial charge >= 0.3 is 0 Å². The van der Waals surface area contributed by atoms with Crippen LogP contribution in [0.15, 0.2) is 30.6 Å². The minimum absolute atomic E-state index is 0.268. The van der Waals surface area contributed by atoms with E-state index in [1.807, 2.05) is 23.0 Å². The number of likely N-dealkylation sites (tertiary alicyclic amines) is 1. The Labute approximate surface area is 117 Å². The van der Waals surface area contributed by atoms with Gasteiger partial charge in [0.1, 0.15) is 0 Å². The quantitative estimate of drug-likeness (QED) is 0.816. The van der Waals surface area contributed by atoms with Crippen LogP contribution >= 0.6 is 0 Å². The van der Waals surface area contributed by atoms with E-state index in [1.165, 1.54) is 0 Å². The van der Waals surface area contributed by atoms with Crippen LogP contribution in [0, 0.1) is 0 Å². The van der Waals surface area contributed by atoms with Crippen LogP contribution in [-0.2, 0) is 17.9 Å². The molecule has 6 heteroatoms. The normalized spacial score (nSPS) is 26.0. The SMILES string of the molecule is c1ccc(CN2CC[C@@H]3OCc4cnnn4[C@H]3C2)nc1. The first kappa shape index (κ1) is 12.0. The standard InChI is InChI=1S/C14H17N5O/c1-2-5-15-11(3-1)8-18-6-4-14-13(9-18)19-12(10-20-14)7-16-17-19/h1-3,5,7,13-14H,4,6,8-10H2/t13-,14-/m0/s1. The number of pyridine rings is 1. The molecule has 20 heavy (non-hydrogen) atoms. The molecule has 104 valence electrons. The van der Waals surface area contributed by atoms with E-state index in [0.717, 1.165) is 37.4 Å². The molecule has 4 heterocycles. The van der Waals surface area contributed by atoms with Crippen LogP contribution in [0.3, 0.4) is 0 Å². The summed E-state index contributed by atoms with van der Waals surface area (Å²) >= 11 is 0. The fourth-order valence-corrected chi connectivity index (χ4v) is 3.11. The second-order valence-corrected chi connectivity index (χ2v) is 5.43. The molecule has 2 atom stereocenters. The molecule has 0 spiro atoms. The highest BCUT2D eigenvalue weighted by atomic mass is 16.5. The zero-order valence-electron chi connectivity index (χ0n) is 11.2. The smallest absolute Gasteiger partial charge is 0.0930 e. The maximum absolute atomic E-state index is 5.92. The maximum atomic E-state index is 5.92. The average molecular weight is 271 g/mol. The summed E-state index contributed by atoms with van der Waals surface area (Å²) in [6.45, 7) is 3.50. The molecule has 0 radical (unpaired) electrons. The molecule has 0 aliphatic carbocycles. The van der Waals surface area contributed by atoms with Crippen molar-refractivity contribution >= 4 is 0 Å². The van der Waals surface area contributed by atoms with Gasteiger partial charge in [0.15, 0.2) is 0 Å². The summed E-state index contributed by atoms with van der Waals surface area (Å²) in [5.41, 5.74) is 2.19. The Morgan fingerprint density at radius 2 is 2.35 bits per heavy atom. The first-order chi connectivity index (χ1) is 9.90. The fourth-order valence-electron chi connectivity index (χ4n) is 3.11. The molecule has 0 aromatic carbocycles. The third-order valence-electron chi connectivity index (χ3n) is 4.12. The van der Waals surface area contributed by atoms with E-state index in [1.54, 1.807) is 6.20 Å². The molecule has 0 unspecified atom stereocenters. The molecule has 1 fully saturated rings. The van der Waals surface area contributed by atoms with Crippen LogP contribution in [0.25, 0.3) is 0 Å². The molecule has 6 nitrogen and oxygen atoms in total. The Morgan fingerprint density at radius 3 is 3.25 bits per heavy atom. The number of hydrogen-bond donors (Lipinski definition) is 0. The van der Waals surface area contributed by atoms with Crippen molar-refractivity contribution in [1.82, 2.24) is 24.9 Å². The molecule has 0 amide bonds. The first-order valence-electron chi connectivity index (χ1n) is 7.03. The minimum atomic E-state index is 0.268. The van der Waals surface area contributed by atoms with Gasteiger partial charge in [-0.3, -0.25) is 9.88 Å². The van der Waals surface area contributed by atoms with Crippen LogP contribution in [0.1, 0.15) is 23.9 Å². The summed E-state index contributed by atoms with van der Waals surface area (Å²) in [5.74, 6) is 0. The summed E-state index contributed by atoms with van der Waals surface area (Å²) in [7, 11) is 0. The second kappa shape index (κ2) is 4.96. The van der Waals surface area contributed by atoms with Gasteiger partial charge in [-0.1, -0.05) is 11.3 Å². The zero-order valence-corrected chi connectivity index (χ0v) is 11.2. The van der Waals surface area contributed by atoms with Crippen molar-refractivity contribution < 1.29 is 4.74 Å². The van der Waals surface area contributed by atoms with Crippen molar-refractivity contribution in [2.75, 3.05) is 13.1 Å². The highest BCUT2D eigenvalue weighted by Crippen LogP contribution is 2.30. The van der Waals surface area contributed by atoms with E-state index in [9.17, 15) is 0 Å². The molecule has 0 N–H and O–H groups in total. The molecule has 1 saturated heterocycles. The minimum Gasteiger partial charge on any atom is -0.370 e. The molecule has 2 aromatic rings. The number of fused-ring (bicyclic) bond motifs is 3. The van der Waals surface area contributed by atoms with Crippen LogP contribution in [-0.4, -0.2) is 44.1 Å². The van der Waals surface area contributed by atoms with E-state index in [4.69, 9.17) is 4.74 Å². The van der Waals surface area contributed by atoms with Crippen molar-refractivity contribution in [3.63, 3.8) is 0 Å². The van der Waals surface area contributed by atoms with Gasteiger partial charge in [0.05, 0.1) is 36.3 Å². The van der Waals surface area contributed by atoms with E-state index >= 15 is 0 Å². The first-order valence-corrected chi connectivity index (χ1v) is 7.03. The van der Waals surface area contributed by atoms with Crippen LogP contribution < -0.4 is 0 Å². The monoisotopic (exact) mass is 271 g/mol. The van der Waals surface area contributed by atoms with Crippen molar-refractivity contribution in [2.24, 2.45) is 0 Å². The van der Waals surface area contributed by atoms with Crippen molar-refractivity contribution in [3.05, 3.63) is 42.0 Å². The average Bonchev–Trinajstić information content (AvgIpc) is 2.97. The third-order valence-corrected chi connectivity index (χ3v) is 4.12. The van der Waals surface area contributed by atoms with E-state index in [2.05, 4.69) is 26.3 Å². The van der Waals surface area contributed by atoms with E-state index < -0.39 is 0 Å². The van der Waals surface area contributed by atoms with Crippen molar-refractivity contribution in [3.8, 4) is 0 Å². The Bertz CT molecular complexity index is 584. The van der Waals surface area contributed by atoms with Crippen LogP contribution in [0.4, 0.5) is 0 Å². The summed E-state index contributed by atoms with van der Waals surface area (Å²) in [6, 6.07) is 6.34. The zero-order chi connectivity index (χ0) is 13.4. The molecule has 2 aromatic heterocycles. The Morgan fingerprint density at radius 1 is 1.35 bits per heavy atom. The molecule has 4 rings (SSSR count). The summed E-state index contributed by atoms with van der Waals surface area (Å²) in [5, 5.41) is 8.23. The predicted octanol–water partition coefficient (Wildman–Crippen LogP) is 1.02. The lowest BCUT2D eigenvalue weighted by Gasteiger charge is -2.40. The highest BCUT2D eigenvalue weighted by Gasteiger charge is 2.36. The number of nitrogens with zero attached hydrogens (tertiary/aromatic N) is 5. The Balaban J connectivity index is 1.51. The van der Waals surface area contributed by atoms with Crippen LogP contribution in [0.5, 0.6) is 0 Å². The summed E-state index contributed by atoms with van der Waals surface area (Å²) in [4.78, 5) is 6.82. The van der Waals surface area contributed by atoms with Gasteiger partial charge in [-0.15, -0.1) is 5.10 Å². The topological polar surface area (TPSA) is 56.1 Å². The van der Waals surface area contributed by atoms with Gasteiger partial charge < -0.3 is 4.74 Å². The number of hydrogen-bond acceptors (Lipinski definition) is 5. The lowest BCUT2D eigenvalue weighted by molar-refractivity contribution is -0.0671. The molecule has 2 aliphatic heterocycles. The predicted molar refractivity (Wildman–Crippen MR) is 71.8 cm³/mol. The maximum Gasteiger partial charge on any atom is 0.0930 e. The lowest BCUT2D eigenvalue weighted by Crippen LogP contribution is -2.47. The van der Waals surface area contributed by atoms with Crippen LogP contribution in [0.2, 0.25) is 0 Å². The van der Waals surface area contributed by atoms with Gasteiger partial charge in [-0.25, -0.2) is 4.68 Å². The number of aromatic nitrogens is 4. The van der Waals surface area contributed by atoms with Crippen molar-refractivity contribution in [2.45, 2.75) is 31.7 Å². The third kappa shape index (κ3) is 2.10. The molecular formula is C14H17N5O. The fraction of sp³-hybridized carbons (Fsp3) is 0.500. The largest absolute Gasteiger partial charge is 0.370 e. The van der Waals surface area contributed by atoms with Gasteiger partial charge in [0.25, 0.3) is 0 Å². The number of rotatable bonds is 2. The van der Waals surface area contributed by atoms with E-state index in [-0.39, 0.29) is 12.1 Å². The van der Waals surface area contributed by atoms with Gasteiger partial charge in [-0.2, -0.15) is 0 Å². The highest BCUT2D eigenvalue weighted by molar-refractivity contribution is 5.05. The van der Waals surface area contributed by atoms with Gasteiger partial charge in [0, 0.05) is 25.8 Å². The Kier molecular flexibility index (Phi) is 2.97. The molecule has 2 aliphatic rings. The Hall–Kier alpha value is -1.79.